The summed E-state index contributed by atoms with van der Waals surface area (Å²) in [4.78, 5) is 12.9. The minimum Gasteiger partial charge on any atom is -0.444 e. The highest BCUT2D eigenvalue weighted by molar-refractivity contribution is 9.09. The number of halogens is 1. The molecule has 4 nitrogen and oxygen atoms in total. The van der Waals surface area contributed by atoms with Crippen LogP contribution in [-0.4, -0.2) is 45.7 Å². The van der Waals surface area contributed by atoms with Crippen LogP contribution in [0.5, 0.6) is 0 Å². The SMILES string of the molecule is CC(C)(C)OC(=O)N1CC(O)(CBr)C1. The fourth-order valence-electron chi connectivity index (χ4n) is 1.20. The summed E-state index contributed by atoms with van der Waals surface area (Å²) in [6.07, 6.45) is -0.358. The molecule has 0 aromatic rings. The average molecular weight is 266 g/mol. The van der Waals surface area contributed by atoms with E-state index in [1.165, 1.54) is 4.90 Å². The molecule has 0 aliphatic carbocycles. The van der Waals surface area contributed by atoms with E-state index in [-0.39, 0.29) is 6.09 Å². The molecule has 0 bridgehead atoms. The van der Waals surface area contributed by atoms with Crippen LogP contribution in [0.3, 0.4) is 0 Å². The van der Waals surface area contributed by atoms with E-state index >= 15 is 0 Å². The first-order valence-corrected chi connectivity index (χ1v) is 5.64. The number of hydrogen-bond acceptors (Lipinski definition) is 3. The summed E-state index contributed by atoms with van der Waals surface area (Å²) in [5.74, 6) is 0. The first kappa shape index (κ1) is 11.8. The highest BCUT2D eigenvalue weighted by Gasteiger charge is 2.44. The number of carbonyl (C=O) groups excluding carboxylic acids is 1. The molecule has 0 atom stereocenters. The number of carbonyl (C=O) groups is 1. The number of likely N-dealkylation sites (tertiary alicyclic amines) is 1. The predicted molar refractivity (Wildman–Crippen MR) is 56.6 cm³/mol. The number of hydrogen-bond donors (Lipinski definition) is 1. The van der Waals surface area contributed by atoms with Crippen molar-refractivity contribution < 1.29 is 14.6 Å². The Morgan fingerprint density at radius 1 is 1.57 bits per heavy atom. The zero-order valence-corrected chi connectivity index (χ0v) is 10.3. The van der Waals surface area contributed by atoms with E-state index in [4.69, 9.17) is 4.74 Å². The summed E-state index contributed by atoms with van der Waals surface area (Å²) in [6.45, 7) is 6.14. The summed E-state index contributed by atoms with van der Waals surface area (Å²) in [6, 6.07) is 0. The van der Waals surface area contributed by atoms with Gasteiger partial charge in [0.1, 0.15) is 11.2 Å². The number of aliphatic hydroxyl groups is 1. The quantitative estimate of drug-likeness (QED) is 0.729. The number of amides is 1. The topological polar surface area (TPSA) is 49.8 Å². The third-order valence-electron chi connectivity index (χ3n) is 1.87. The van der Waals surface area contributed by atoms with Gasteiger partial charge in [0.15, 0.2) is 0 Å². The van der Waals surface area contributed by atoms with Gasteiger partial charge in [-0.15, -0.1) is 0 Å². The van der Waals surface area contributed by atoms with Gasteiger partial charge in [-0.3, -0.25) is 0 Å². The second-order valence-electron chi connectivity index (χ2n) is 4.69. The van der Waals surface area contributed by atoms with Crippen molar-refractivity contribution in [1.82, 2.24) is 4.90 Å². The molecule has 1 heterocycles. The van der Waals surface area contributed by atoms with Crippen LogP contribution in [0.15, 0.2) is 0 Å². The van der Waals surface area contributed by atoms with Gasteiger partial charge in [0.2, 0.25) is 0 Å². The third kappa shape index (κ3) is 2.85. The Morgan fingerprint density at radius 2 is 2.07 bits per heavy atom. The van der Waals surface area contributed by atoms with Crippen molar-refractivity contribution >= 4 is 22.0 Å². The highest BCUT2D eigenvalue weighted by atomic mass is 79.9. The predicted octanol–water partition coefficient (Wildman–Crippen LogP) is 1.36. The lowest BCUT2D eigenvalue weighted by Gasteiger charge is -2.45. The minimum absolute atomic E-state index is 0.340. The van der Waals surface area contributed by atoms with Crippen LogP contribution >= 0.6 is 15.9 Å². The fraction of sp³-hybridized carbons (Fsp3) is 0.889. The smallest absolute Gasteiger partial charge is 0.410 e. The Kier molecular flexibility index (Phi) is 3.11. The molecule has 1 N–H and O–H groups in total. The van der Waals surface area contributed by atoms with Crippen LogP contribution in [-0.2, 0) is 4.74 Å². The number of β-amino-alcohol motifs (C(OH)–C–C–N with tert-alkyl or cyclic N) is 1. The molecule has 82 valence electrons. The zero-order valence-electron chi connectivity index (χ0n) is 8.71. The Morgan fingerprint density at radius 3 is 2.43 bits per heavy atom. The minimum atomic E-state index is -0.767. The molecule has 0 aromatic carbocycles. The lowest BCUT2D eigenvalue weighted by Crippen LogP contribution is -2.65. The molecular formula is C9H16BrNO3. The molecule has 0 radical (unpaired) electrons. The van der Waals surface area contributed by atoms with Crippen LogP contribution in [0.1, 0.15) is 20.8 Å². The maximum absolute atomic E-state index is 11.4. The normalized spacial score (nSPS) is 20.2. The van der Waals surface area contributed by atoms with Gasteiger partial charge in [-0.1, -0.05) is 15.9 Å². The van der Waals surface area contributed by atoms with E-state index in [0.717, 1.165) is 0 Å². The molecule has 0 spiro atoms. The Hall–Kier alpha value is -0.290. The first-order chi connectivity index (χ1) is 6.26. The molecule has 1 aliphatic rings. The van der Waals surface area contributed by atoms with Crippen LogP contribution < -0.4 is 0 Å². The van der Waals surface area contributed by atoms with Gasteiger partial charge in [-0.05, 0) is 20.8 Å². The molecule has 14 heavy (non-hydrogen) atoms. The molecule has 1 amide bonds. The molecule has 0 unspecified atom stereocenters. The van der Waals surface area contributed by atoms with Crippen molar-refractivity contribution in [3.63, 3.8) is 0 Å². The molecule has 1 saturated heterocycles. The van der Waals surface area contributed by atoms with Crippen molar-refractivity contribution in [3.05, 3.63) is 0 Å². The second kappa shape index (κ2) is 3.70. The zero-order chi connectivity index (χ0) is 11.0. The van der Waals surface area contributed by atoms with Crippen molar-refractivity contribution in [2.24, 2.45) is 0 Å². The van der Waals surface area contributed by atoms with Gasteiger partial charge in [0, 0.05) is 5.33 Å². The molecule has 1 fully saturated rings. The summed E-state index contributed by atoms with van der Waals surface area (Å²) in [7, 11) is 0. The number of nitrogens with zero attached hydrogens (tertiary/aromatic N) is 1. The second-order valence-corrected chi connectivity index (χ2v) is 5.26. The van der Waals surface area contributed by atoms with E-state index in [2.05, 4.69) is 15.9 Å². The maximum Gasteiger partial charge on any atom is 0.410 e. The van der Waals surface area contributed by atoms with Crippen LogP contribution in [0.4, 0.5) is 4.79 Å². The summed E-state index contributed by atoms with van der Waals surface area (Å²) >= 11 is 3.19. The number of ether oxygens (including phenoxy) is 1. The Bertz CT molecular complexity index is 231. The molecular weight excluding hydrogens is 250 g/mol. The van der Waals surface area contributed by atoms with Crippen molar-refractivity contribution in [2.45, 2.75) is 32.0 Å². The van der Waals surface area contributed by atoms with Gasteiger partial charge in [-0.2, -0.15) is 0 Å². The van der Waals surface area contributed by atoms with Gasteiger partial charge < -0.3 is 14.7 Å². The van der Waals surface area contributed by atoms with Gasteiger partial charge in [0.05, 0.1) is 13.1 Å². The molecule has 0 saturated carbocycles. The van der Waals surface area contributed by atoms with E-state index in [9.17, 15) is 9.90 Å². The third-order valence-corrected chi connectivity index (χ3v) is 2.91. The summed E-state index contributed by atoms with van der Waals surface area (Å²) in [5.41, 5.74) is -1.24. The highest BCUT2D eigenvalue weighted by Crippen LogP contribution is 2.24. The summed E-state index contributed by atoms with van der Waals surface area (Å²) < 4.78 is 5.14. The lowest BCUT2D eigenvalue weighted by molar-refractivity contribution is -0.0827. The Balaban J connectivity index is 2.37. The lowest BCUT2D eigenvalue weighted by atomic mass is 9.98. The number of rotatable bonds is 1. The largest absolute Gasteiger partial charge is 0.444 e. The van der Waals surface area contributed by atoms with Crippen LogP contribution in [0.2, 0.25) is 0 Å². The fourth-order valence-corrected chi connectivity index (χ4v) is 1.56. The first-order valence-electron chi connectivity index (χ1n) is 4.52. The molecule has 0 aromatic heterocycles. The van der Waals surface area contributed by atoms with E-state index in [1.54, 1.807) is 0 Å². The van der Waals surface area contributed by atoms with Crippen molar-refractivity contribution in [2.75, 3.05) is 18.4 Å². The number of alkyl halides is 1. The molecule has 1 rings (SSSR count). The van der Waals surface area contributed by atoms with E-state index < -0.39 is 11.2 Å². The van der Waals surface area contributed by atoms with E-state index in [1.807, 2.05) is 20.8 Å². The Labute approximate surface area is 92.3 Å². The van der Waals surface area contributed by atoms with E-state index in [0.29, 0.717) is 18.4 Å². The van der Waals surface area contributed by atoms with Crippen molar-refractivity contribution in [3.8, 4) is 0 Å². The van der Waals surface area contributed by atoms with Crippen LogP contribution in [0, 0.1) is 0 Å². The van der Waals surface area contributed by atoms with Crippen LogP contribution in [0.25, 0.3) is 0 Å². The molecule has 5 heteroatoms. The molecule has 1 aliphatic heterocycles. The monoisotopic (exact) mass is 265 g/mol. The van der Waals surface area contributed by atoms with Crippen molar-refractivity contribution in [1.29, 1.82) is 0 Å². The van der Waals surface area contributed by atoms with Gasteiger partial charge >= 0.3 is 6.09 Å². The standard InChI is InChI=1S/C9H16BrNO3/c1-8(2,3)14-7(12)11-5-9(13,4-10)6-11/h13H,4-6H2,1-3H3. The van der Waals surface area contributed by atoms with Gasteiger partial charge in [-0.25, -0.2) is 4.79 Å². The summed E-state index contributed by atoms with van der Waals surface area (Å²) in [5, 5.41) is 10.1. The van der Waals surface area contributed by atoms with Gasteiger partial charge in [0.25, 0.3) is 0 Å². The maximum atomic E-state index is 11.4. The average Bonchev–Trinajstić information content (AvgIpc) is 1.95.